The van der Waals surface area contributed by atoms with Crippen molar-refractivity contribution in [1.82, 2.24) is 19.2 Å². The Morgan fingerprint density at radius 2 is 2.04 bits per heavy atom. The van der Waals surface area contributed by atoms with E-state index in [4.69, 9.17) is 0 Å². The Morgan fingerprint density at radius 1 is 1.26 bits per heavy atom. The first-order chi connectivity index (χ1) is 11.0. The van der Waals surface area contributed by atoms with E-state index in [1.807, 2.05) is 61.1 Å². The summed E-state index contributed by atoms with van der Waals surface area (Å²) in [5.74, 6) is -0.0248. The van der Waals surface area contributed by atoms with Gasteiger partial charge in [0, 0.05) is 17.9 Å². The number of imidazole rings is 1. The van der Waals surface area contributed by atoms with Gasteiger partial charge >= 0.3 is 0 Å². The van der Waals surface area contributed by atoms with Gasteiger partial charge in [-0.1, -0.05) is 6.07 Å². The zero-order valence-electron chi connectivity index (χ0n) is 13.9. The van der Waals surface area contributed by atoms with E-state index in [1.54, 1.807) is 12.3 Å². The maximum atomic E-state index is 12.6. The molecule has 23 heavy (non-hydrogen) atoms. The summed E-state index contributed by atoms with van der Waals surface area (Å²) in [6.07, 6.45) is 5.20. The summed E-state index contributed by atoms with van der Waals surface area (Å²) >= 11 is 0. The number of carbonyl (C=O) groups is 1. The molecule has 0 saturated heterocycles. The van der Waals surface area contributed by atoms with Crippen LogP contribution in [0.5, 0.6) is 0 Å². The zero-order chi connectivity index (χ0) is 16.6. The number of aryl methyl sites for hydroxylation is 3. The molecule has 0 atom stereocenters. The van der Waals surface area contributed by atoms with Gasteiger partial charge in [-0.25, -0.2) is 4.98 Å². The number of aromatic nitrogens is 4. The maximum absolute atomic E-state index is 12.6. The first-order valence-corrected chi connectivity index (χ1v) is 7.72. The molecule has 3 heterocycles. The van der Waals surface area contributed by atoms with Crippen LogP contribution in [0.1, 0.15) is 40.1 Å². The van der Waals surface area contributed by atoms with Crippen LogP contribution in [-0.4, -0.2) is 24.9 Å². The molecule has 0 spiro atoms. The Bertz CT molecular complexity index is 915. The van der Waals surface area contributed by atoms with Crippen LogP contribution in [0, 0.1) is 20.8 Å². The lowest BCUT2D eigenvalue weighted by Gasteiger charge is -2.02. The largest absolute Gasteiger partial charge is 0.298 e. The van der Waals surface area contributed by atoms with Gasteiger partial charge in [-0.3, -0.25) is 13.9 Å². The predicted octanol–water partition coefficient (Wildman–Crippen LogP) is 3.37. The molecular formula is C18H20N4O. The third-order valence-corrected chi connectivity index (χ3v) is 4.08. The number of hydrogen-bond acceptors (Lipinski definition) is 3. The minimum atomic E-state index is -0.0248. The van der Waals surface area contributed by atoms with Crippen molar-refractivity contribution < 1.29 is 4.79 Å². The molecule has 0 N–H and O–H groups in total. The van der Waals surface area contributed by atoms with E-state index in [0.29, 0.717) is 5.56 Å². The molecule has 3 aromatic rings. The van der Waals surface area contributed by atoms with Crippen LogP contribution in [0.4, 0.5) is 0 Å². The number of fused-ring (bicyclic) bond motifs is 1. The van der Waals surface area contributed by atoms with Gasteiger partial charge in [0.1, 0.15) is 5.65 Å². The van der Waals surface area contributed by atoms with Crippen LogP contribution in [0.15, 0.2) is 30.5 Å². The summed E-state index contributed by atoms with van der Waals surface area (Å²) in [4.78, 5) is 16.9. The summed E-state index contributed by atoms with van der Waals surface area (Å²) in [6, 6.07) is 5.95. The molecule has 3 rings (SSSR count). The van der Waals surface area contributed by atoms with Crippen molar-refractivity contribution in [1.29, 1.82) is 0 Å². The molecule has 0 unspecified atom stereocenters. The van der Waals surface area contributed by atoms with E-state index < -0.39 is 0 Å². The highest BCUT2D eigenvalue weighted by Gasteiger charge is 2.16. The smallest absolute Gasteiger partial charge is 0.189 e. The molecule has 0 saturated carbocycles. The Kier molecular flexibility index (Phi) is 3.86. The van der Waals surface area contributed by atoms with Crippen LogP contribution in [0.25, 0.3) is 11.7 Å². The Balaban J connectivity index is 1.96. The fourth-order valence-electron chi connectivity index (χ4n) is 2.95. The van der Waals surface area contributed by atoms with Crippen molar-refractivity contribution in [3.63, 3.8) is 0 Å². The van der Waals surface area contributed by atoms with Gasteiger partial charge in [0.15, 0.2) is 5.78 Å². The number of rotatable bonds is 4. The highest BCUT2D eigenvalue weighted by atomic mass is 16.1. The number of nitrogens with zero attached hydrogens (tertiary/aromatic N) is 4. The van der Waals surface area contributed by atoms with E-state index in [-0.39, 0.29) is 5.78 Å². The van der Waals surface area contributed by atoms with Gasteiger partial charge < -0.3 is 0 Å². The molecule has 0 radical (unpaired) electrons. The standard InChI is InChI=1S/C18H20N4O/c1-5-21-14(4)18(13(3)20-21)16(23)10-9-15-11-19-17-8-6-7-12(2)22(15)17/h6-11H,5H2,1-4H3/b10-9+. The van der Waals surface area contributed by atoms with Gasteiger partial charge in [-0.15, -0.1) is 0 Å². The second-order valence-electron chi connectivity index (χ2n) is 5.60. The average Bonchev–Trinajstić information content (AvgIpc) is 3.07. The van der Waals surface area contributed by atoms with Crippen molar-refractivity contribution in [3.05, 3.63) is 58.8 Å². The monoisotopic (exact) mass is 308 g/mol. The Labute approximate surface area is 135 Å². The number of ketones is 1. The molecule has 5 heteroatoms. The fourth-order valence-corrected chi connectivity index (χ4v) is 2.95. The van der Waals surface area contributed by atoms with Crippen molar-refractivity contribution in [2.24, 2.45) is 0 Å². The van der Waals surface area contributed by atoms with E-state index in [2.05, 4.69) is 10.1 Å². The van der Waals surface area contributed by atoms with Crippen LogP contribution in [-0.2, 0) is 6.54 Å². The fraction of sp³-hybridized carbons (Fsp3) is 0.278. The summed E-state index contributed by atoms with van der Waals surface area (Å²) in [5, 5.41) is 4.40. The molecule has 0 amide bonds. The molecule has 0 aliphatic rings. The second-order valence-corrected chi connectivity index (χ2v) is 5.60. The van der Waals surface area contributed by atoms with E-state index in [0.717, 1.165) is 35.0 Å². The molecular weight excluding hydrogens is 288 g/mol. The molecule has 5 nitrogen and oxygen atoms in total. The van der Waals surface area contributed by atoms with Crippen molar-refractivity contribution in [2.75, 3.05) is 0 Å². The molecule has 0 bridgehead atoms. The van der Waals surface area contributed by atoms with Gasteiger partial charge in [0.25, 0.3) is 0 Å². The van der Waals surface area contributed by atoms with Crippen LogP contribution in [0.2, 0.25) is 0 Å². The minimum absolute atomic E-state index is 0.0248. The first kappa shape index (κ1) is 15.2. The topological polar surface area (TPSA) is 52.2 Å². The van der Waals surface area contributed by atoms with Crippen LogP contribution in [0.3, 0.4) is 0 Å². The number of allylic oxidation sites excluding steroid dienone is 1. The number of carbonyl (C=O) groups excluding carboxylic acids is 1. The second kappa shape index (κ2) is 5.83. The quantitative estimate of drug-likeness (QED) is 0.548. The van der Waals surface area contributed by atoms with Crippen molar-refractivity contribution in [2.45, 2.75) is 34.2 Å². The Morgan fingerprint density at radius 3 is 2.74 bits per heavy atom. The lowest BCUT2D eigenvalue weighted by Crippen LogP contribution is -2.02. The first-order valence-electron chi connectivity index (χ1n) is 7.72. The lowest BCUT2D eigenvalue weighted by molar-refractivity contribution is 0.104. The minimum Gasteiger partial charge on any atom is -0.298 e. The molecule has 0 aromatic carbocycles. The Hall–Kier alpha value is -2.69. The van der Waals surface area contributed by atoms with Crippen molar-refractivity contribution in [3.8, 4) is 0 Å². The third-order valence-electron chi connectivity index (χ3n) is 4.08. The van der Waals surface area contributed by atoms with Gasteiger partial charge in [0.05, 0.1) is 23.1 Å². The zero-order valence-corrected chi connectivity index (χ0v) is 13.9. The van der Waals surface area contributed by atoms with Gasteiger partial charge in [-0.05, 0) is 52.0 Å². The molecule has 118 valence electrons. The summed E-state index contributed by atoms with van der Waals surface area (Å²) in [7, 11) is 0. The SMILES string of the molecule is CCn1nc(C)c(C(=O)/C=C/c2cnc3cccc(C)n23)c1C. The van der Waals surface area contributed by atoms with Crippen molar-refractivity contribution >= 4 is 17.5 Å². The third kappa shape index (κ3) is 2.59. The number of hydrogen-bond donors (Lipinski definition) is 0. The van der Waals surface area contributed by atoms with E-state index in [9.17, 15) is 4.79 Å². The van der Waals surface area contributed by atoms with Gasteiger partial charge in [-0.2, -0.15) is 5.10 Å². The van der Waals surface area contributed by atoms with Crippen LogP contribution < -0.4 is 0 Å². The molecule has 0 aliphatic heterocycles. The lowest BCUT2D eigenvalue weighted by atomic mass is 10.1. The molecule has 3 aromatic heterocycles. The van der Waals surface area contributed by atoms with E-state index >= 15 is 0 Å². The van der Waals surface area contributed by atoms with E-state index in [1.165, 1.54) is 0 Å². The number of pyridine rings is 1. The van der Waals surface area contributed by atoms with Crippen LogP contribution >= 0.6 is 0 Å². The maximum Gasteiger partial charge on any atom is 0.189 e. The average molecular weight is 308 g/mol. The summed E-state index contributed by atoms with van der Waals surface area (Å²) in [6.45, 7) is 8.61. The highest BCUT2D eigenvalue weighted by Crippen LogP contribution is 2.16. The summed E-state index contributed by atoms with van der Waals surface area (Å²) in [5.41, 5.74) is 5.22. The van der Waals surface area contributed by atoms with Gasteiger partial charge in [0.2, 0.25) is 0 Å². The molecule has 0 aliphatic carbocycles. The summed E-state index contributed by atoms with van der Waals surface area (Å²) < 4.78 is 3.88. The molecule has 0 fully saturated rings. The highest BCUT2D eigenvalue weighted by molar-refractivity contribution is 6.08. The normalized spacial score (nSPS) is 11.7. The predicted molar refractivity (Wildman–Crippen MR) is 90.7 cm³/mol.